The molecular weight excluding hydrogens is 270 g/mol. The minimum absolute atomic E-state index is 0.123. The first-order valence-corrected chi connectivity index (χ1v) is 7.79. The standard InChI is InChI=1S/C20H21NO/c1-16(22)18-7-9-19(10-8-18)20-11-13-21(14-12-20)15-17-5-3-2-4-6-17/h2-11H,12-15H2,1H3. The zero-order chi connectivity index (χ0) is 15.4. The highest BCUT2D eigenvalue weighted by Crippen LogP contribution is 2.23. The number of rotatable bonds is 4. The van der Waals surface area contributed by atoms with Crippen LogP contribution in [0, 0.1) is 0 Å². The Morgan fingerprint density at radius 3 is 2.36 bits per heavy atom. The normalized spacial score (nSPS) is 15.4. The van der Waals surface area contributed by atoms with E-state index in [4.69, 9.17) is 0 Å². The van der Waals surface area contributed by atoms with Gasteiger partial charge in [-0.1, -0.05) is 60.7 Å². The van der Waals surface area contributed by atoms with Crippen molar-refractivity contribution in [2.75, 3.05) is 13.1 Å². The molecule has 22 heavy (non-hydrogen) atoms. The molecule has 2 aromatic rings. The average Bonchev–Trinajstić information content (AvgIpc) is 2.57. The molecule has 1 aliphatic heterocycles. The van der Waals surface area contributed by atoms with Crippen LogP contribution in [0.4, 0.5) is 0 Å². The molecule has 112 valence electrons. The summed E-state index contributed by atoms with van der Waals surface area (Å²) in [5, 5.41) is 0. The maximum Gasteiger partial charge on any atom is 0.159 e. The molecule has 0 radical (unpaired) electrons. The number of hydrogen-bond acceptors (Lipinski definition) is 2. The number of ketones is 1. The van der Waals surface area contributed by atoms with E-state index in [-0.39, 0.29) is 5.78 Å². The van der Waals surface area contributed by atoms with Gasteiger partial charge >= 0.3 is 0 Å². The molecule has 0 saturated heterocycles. The van der Waals surface area contributed by atoms with E-state index in [1.165, 1.54) is 16.7 Å². The van der Waals surface area contributed by atoms with Gasteiger partial charge in [0.25, 0.3) is 0 Å². The summed E-state index contributed by atoms with van der Waals surface area (Å²) >= 11 is 0. The number of benzene rings is 2. The second-order valence-electron chi connectivity index (χ2n) is 5.83. The average molecular weight is 291 g/mol. The fourth-order valence-corrected chi connectivity index (χ4v) is 2.88. The number of nitrogens with zero attached hydrogens (tertiary/aromatic N) is 1. The first-order chi connectivity index (χ1) is 10.7. The van der Waals surface area contributed by atoms with E-state index in [0.29, 0.717) is 0 Å². The Labute approximate surface area is 132 Å². The monoisotopic (exact) mass is 291 g/mol. The van der Waals surface area contributed by atoms with Gasteiger partial charge in [-0.2, -0.15) is 0 Å². The Morgan fingerprint density at radius 1 is 1.05 bits per heavy atom. The molecular formula is C20H21NO. The Balaban J connectivity index is 1.64. The lowest BCUT2D eigenvalue weighted by Crippen LogP contribution is -2.27. The minimum atomic E-state index is 0.123. The molecule has 2 nitrogen and oxygen atoms in total. The third-order valence-corrected chi connectivity index (χ3v) is 4.20. The molecule has 3 rings (SSSR count). The first-order valence-electron chi connectivity index (χ1n) is 7.79. The summed E-state index contributed by atoms with van der Waals surface area (Å²) in [4.78, 5) is 13.8. The van der Waals surface area contributed by atoms with Gasteiger partial charge in [0, 0.05) is 25.2 Å². The van der Waals surface area contributed by atoms with Crippen LogP contribution in [0.5, 0.6) is 0 Å². The molecule has 0 aliphatic carbocycles. The SMILES string of the molecule is CC(=O)c1ccc(C2=CCN(Cc3ccccc3)CC2)cc1. The highest BCUT2D eigenvalue weighted by Gasteiger charge is 2.13. The van der Waals surface area contributed by atoms with Gasteiger partial charge in [-0.3, -0.25) is 9.69 Å². The third-order valence-electron chi connectivity index (χ3n) is 4.20. The Kier molecular flexibility index (Phi) is 4.50. The predicted octanol–water partition coefficient (Wildman–Crippen LogP) is 4.18. The van der Waals surface area contributed by atoms with E-state index < -0.39 is 0 Å². The number of hydrogen-bond donors (Lipinski definition) is 0. The van der Waals surface area contributed by atoms with Crippen LogP contribution in [0.25, 0.3) is 5.57 Å². The van der Waals surface area contributed by atoms with Crippen molar-refractivity contribution in [2.24, 2.45) is 0 Å². The fourth-order valence-electron chi connectivity index (χ4n) is 2.88. The largest absolute Gasteiger partial charge is 0.295 e. The van der Waals surface area contributed by atoms with E-state index in [0.717, 1.165) is 31.6 Å². The van der Waals surface area contributed by atoms with Gasteiger partial charge < -0.3 is 0 Å². The molecule has 0 amide bonds. The minimum Gasteiger partial charge on any atom is -0.295 e. The Bertz CT molecular complexity index is 671. The van der Waals surface area contributed by atoms with Crippen LogP contribution < -0.4 is 0 Å². The van der Waals surface area contributed by atoms with Crippen molar-refractivity contribution in [1.29, 1.82) is 0 Å². The molecule has 0 atom stereocenters. The predicted molar refractivity (Wildman–Crippen MR) is 90.8 cm³/mol. The highest BCUT2D eigenvalue weighted by atomic mass is 16.1. The lowest BCUT2D eigenvalue weighted by Gasteiger charge is -2.26. The summed E-state index contributed by atoms with van der Waals surface area (Å²) in [5.74, 6) is 0.123. The summed E-state index contributed by atoms with van der Waals surface area (Å²) in [6.45, 7) is 4.68. The molecule has 2 heteroatoms. The fraction of sp³-hybridized carbons (Fsp3) is 0.250. The Hall–Kier alpha value is -2.19. The molecule has 0 spiro atoms. The van der Waals surface area contributed by atoms with Gasteiger partial charge in [0.1, 0.15) is 0 Å². The summed E-state index contributed by atoms with van der Waals surface area (Å²) in [6.07, 6.45) is 3.38. The molecule has 0 unspecified atom stereocenters. The zero-order valence-electron chi connectivity index (χ0n) is 13.0. The summed E-state index contributed by atoms with van der Waals surface area (Å²) in [7, 11) is 0. The van der Waals surface area contributed by atoms with Crippen molar-refractivity contribution >= 4 is 11.4 Å². The van der Waals surface area contributed by atoms with Crippen LogP contribution in [0.15, 0.2) is 60.7 Å². The van der Waals surface area contributed by atoms with Gasteiger partial charge in [-0.05, 0) is 30.0 Å². The van der Waals surface area contributed by atoms with Crippen molar-refractivity contribution < 1.29 is 4.79 Å². The number of carbonyl (C=O) groups is 1. The van der Waals surface area contributed by atoms with Crippen molar-refractivity contribution in [3.05, 3.63) is 77.4 Å². The highest BCUT2D eigenvalue weighted by molar-refractivity contribution is 5.94. The number of Topliss-reactive ketones (excluding diaryl/α,β-unsaturated/α-hetero) is 1. The molecule has 0 N–H and O–H groups in total. The second kappa shape index (κ2) is 6.71. The van der Waals surface area contributed by atoms with Gasteiger partial charge in [-0.25, -0.2) is 0 Å². The lowest BCUT2D eigenvalue weighted by molar-refractivity contribution is 0.101. The van der Waals surface area contributed by atoms with Gasteiger partial charge in [0.2, 0.25) is 0 Å². The van der Waals surface area contributed by atoms with E-state index in [1.807, 2.05) is 12.1 Å². The molecule has 0 saturated carbocycles. The molecule has 1 heterocycles. The quantitative estimate of drug-likeness (QED) is 0.788. The molecule has 1 aliphatic rings. The third kappa shape index (κ3) is 3.52. The van der Waals surface area contributed by atoms with E-state index in [1.54, 1.807) is 6.92 Å². The second-order valence-corrected chi connectivity index (χ2v) is 5.83. The van der Waals surface area contributed by atoms with Crippen LogP contribution >= 0.6 is 0 Å². The van der Waals surface area contributed by atoms with Gasteiger partial charge in [0.15, 0.2) is 5.78 Å². The van der Waals surface area contributed by atoms with E-state index in [9.17, 15) is 4.79 Å². The maximum absolute atomic E-state index is 11.3. The molecule has 0 fully saturated rings. The molecule has 0 bridgehead atoms. The lowest BCUT2D eigenvalue weighted by atomic mass is 9.97. The van der Waals surface area contributed by atoms with Crippen molar-refractivity contribution in [3.8, 4) is 0 Å². The summed E-state index contributed by atoms with van der Waals surface area (Å²) in [5.41, 5.74) is 4.78. The van der Waals surface area contributed by atoms with Gasteiger partial charge in [-0.15, -0.1) is 0 Å². The summed E-state index contributed by atoms with van der Waals surface area (Å²) in [6, 6.07) is 18.6. The van der Waals surface area contributed by atoms with Crippen molar-refractivity contribution in [3.63, 3.8) is 0 Å². The zero-order valence-corrected chi connectivity index (χ0v) is 13.0. The van der Waals surface area contributed by atoms with Crippen LogP contribution in [0.2, 0.25) is 0 Å². The van der Waals surface area contributed by atoms with E-state index >= 15 is 0 Å². The van der Waals surface area contributed by atoms with E-state index in [2.05, 4.69) is 53.4 Å². The van der Waals surface area contributed by atoms with Crippen LogP contribution in [0.3, 0.4) is 0 Å². The molecule has 2 aromatic carbocycles. The van der Waals surface area contributed by atoms with Crippen LogP contribution in [-0.2, 0) is 6.54 Å². The van der Waals surface area contributed by atoms with Crippen LogP contribution in [-0.4, -0.2) is 23.8 Å². The van der Waals surface area contributed by atoms with Gasteiger partial charge in [0.05, 0.1) is 0 Å². The Morgan fingerprint density at radius 2 is 1.77 bits per heavy atom. The smallest absolute Gasteiger partial charge is 0.159 e. The van der Waals surface area contributed by atoms with Crippen molar-refractivity contribution in [2.45, 2.75) is 19.9 Å². The first kappa shape index (κ1) is 14.7. The van der Waals surface area contributed by atoms with Crippen LogP contribution in [0.1, 0.15) is 34.8 Å². The van der Waals surface area contributed by atoms with Crippen molar-refractivity contribution in [1.82, 2.24) is 4.90 Å². The topological polar surface area (TPSA) is 20.3 Å². The molecule has 0 aromatic heterocycles. The maximum atomic E-state index is 11.3. The number of carbonyl (C=O) groups excluding carboxylic acids is 1. The summed E-state index contributed by atoms with van der Waals surface area (Å²) < 4.78 is 0.